The number of ether oxygens (including phenoxy) is 1. The van der Waals surface area contributed by atoms with Crippen LogP contribution in [0.4, 0.5) is 0 Å². The van der Waals surface area contributed by atoms with Crippen molar-refractivity contribution in [2.45, 2.75) is 27.2 Å². The summed E-state index contributed by atoms with van der Waals surface area (Å²) in [4.78, 5) is 47.1. The second kappa shape index (κ2) is 6.98. The highest BCUT2D eigenvalue weighted by Crippen LogP contribution is 2.18. The number of carbonyl (C=O) groups is 4. The minimum atomic E-state index is -1.10. The van der Waals surface area contributed by atoms with E-state index in [-0.39, 0.29) is 17.1 Å². The standard InChI is InChI=1S/C16H19NO5/c1-16(2,3)13(19)9-11(18)15(21)17-14(20)10-7-5-6-8-12(10)22-4/h5-8H,9H2,1-4H3,(H,17,20,21). The van der Waals surface area contributed by atoms with Crippen LogP contribution in [0.25, 0.3) is 0 Å². The molecule has 1 aromatic carbocycles. The molecule has 6 heteroatoms. The average Bonchev–Trinajstić information content (AvgIpc) is 2.45. The Morgan fingerprint density at radius 3 is 2.23 bits per heavy atom. The van der Waals surface area contributed by atoms with E-state index in [1.807, 2.05) is 5.32 Å². The zero-order valence-corrected chi connectivity index (χ0v) is 13.1. The van der Waals surface area contributed by atoms with E-state index in [9.17, 15) is 19.2 Å². The van der Waals surface area contributed by atoms with E-state index in [1.54, 1.807) is 39.0 Å². The number of Topliss-reactive ketones (excluding diaryl/α,β-unsaturated/α-hetero) is 2. The average molecular weight is 305 g/mol. The summed E-state index contributed by atoms with van der Waals surface area (Å²) in [6, 6.07) is 6.30. The van der Waals surface area contributed by atoms with E-state index in [4.69, 9.17) is 4.74 Å². The molecule has 0 aliphatic carbocycles. The number of hydrogen-bond acceptors (Lipinski definition) is 5. The van der Waals surface area contributed by atoms with Gasteiger partial charge in [-0.05, 0) is 12.1 Å². The number of nitrogens with one attached hydrogen (secondary N) is 1. The van der Waals surface area contributed by atoms with Crippen LogP contribution in [0.2, 0.25) is 0 Å². The number of rotatable bonds is 5. The third-order valence-electron chi connectivity index (χ3n) is 2.99. The van der Waals surface area contributed by atoms with Crippen molar-refractivity contribution in [1.29, 1.82) is 0 Å². The van der Waals surface area contributed by atoms with Crippen molar-refractivity contribution < 1.29 is 23.9 Å². The minimum Gasteiger partial charge on any atom is -0.496 e. The largest absolute Gasteiger partial charge is 0.496 e. The lowest BCUT2D eigenvalue weighted by Gasteiger charge is -2.15. The maximum Gasteiger partial charge on any atom is 0.294 e. The Bertz CT molecular complexity index is 613. The molecule has 0 aliphatic rings. The van der Waals surface area contributed by atoms with Crippen molar-refractivity contribution in [3.05, 3.63) is 29.8 Å². The Labute approximate surface area is 128 Å². The topological polar surface area (TPSA) is 89.5 Å². The summed E-state index contributed by atoms with van der Waals surface area (Å²) in [5.74, 6) is -2.88. The van der Waals surface area contributed by atoms with E-state index >= 15 is 0 Å². The van der Waals surface area contributed by atoms with Crippen molar-refractivity contribution in [1.82, 2.24) is 5.32 Å². The highest BCUT2D eigenvalue weighted by molar-refractivity contribution is 6.42. The fourth-order valence-electron chi connectivity index (χ4n) is 1.56. The van der Waals surface area contributed by atoms with Crippen molar-refractivity contribution in [2.75, 3.05) is 7.11 Å². The van der Waals surface area contributed by atoms with Gasteiger partial charge >= 0.3 is 0 Å². The Morgan fingerprint density at radius 1 is 1.09 bits per heavy atom. The first-order valence-corrected chi connectivity index (χ1v) is 6.71. The molecule has 1 aromatic rings. The summed E-state index contributed by atoms with van der Waals surface area (Å²) in [5, 5.41) is 1.97. The molecule has 0 radical (unpaired) electrons. The maximum absolute atomic E-state index is 12.0. The first kappa shape index (κ1) is 17.6. The molecule has 0 saturated heterocycles. The number of para-hydroxylation sites is 1. The molecule has 22 heavy (non-hydrogen) atoms. The van der Waals surface area contributed by atoms with E-state index in [0.717, 1.165) is 0 Å². The van der Waals surface area contributed by atoms with Gasteiger partial charge in [0.25, 0.3) is 11.8 Å². The van der Waals surface area contributed by atoms with Gasteiger partial charge < -0.3 is 4.74 Å². The molecule has 0 heterocycles. The van der Waals surface area contributed by atoms with Gasteiger partial charge in [0.05, 0.1) is 19.1 Å². The van der Waals surface area contributed by atoms with Crippen LogP contribution in [0, 0.1) is 5.41 Å². The zero-order valence-electron chi connectivity index (χ0n) is 13.1. The number of imide groups is 1. The van der Waals surface area contributed by atoms with E-state index in [1.165, 1.54) is 13.2 Å². The summed E-state index contributed by atoms with van der Waals surface area (Å²) in [5.41, 5.74) is -0.587. The van der Waals surface area contributed by atoms with Crippen LogP contribution < -0.4 is 10.1 Å². The molecule has 1 N–H and O–H groups in total. The summed E-state index contributed by atoms with van der Waals surface area (Å²) in [6.07, 6.45) is -0.533. The molecular weight excluding hydrogens is 286 g/mol. The Hall–Kier alpha value is -2.50. The number of carbonyl (C=O) groups excluding carboxylic acids is 4. The van der Waals surface area contributed by atoms with Gasteiger partial charge in [0, 0.05) is 5.41 Å². The second-order valence-corrected chi connectivity index (χ2v) is 5.76. The van der Waals surface area contributed by atoms with Crippen LogP contribution in [0.1, 0.15) is 37.6 Å². The second-order valence-electron chi connectivity index (χ2n) is 5.76. The van der Waals surface area contributed by atoms with Gasteiger partial charge in [-0.25, -0.2) is 0 Å². The molecular formula is C16H19NO5. The number of ketones is 2. The third-order valence-corrected chi connectivity index (χ3v) is 2.99. The predicted octanol–water partition coefficient (Wildman–Crippen LogP) is 1.53. The molecule has 1 rings (SSSR count). The smallest absolute Gasteiger partial charge is 0.294 e. The van der Waals surface area contributed by atoms with Gasteiger partial charge in [-0.3, -0.25) is 24.5 Å². The molecule has 2 amide bonds. The Balaban J connectivity index is 2.74. The summed E-state index contributed by atoms with van der Waals surface area (Å²) in [7, 11) is 1.39. The molecule has 118 valence electrons. The van der Waals surface area contributed by atoms with Gasteiger partial charge in [0.2, 0.25) is 5.78 Å². The molecule has 0 bridgehead atoms. The minimum absolute atomic E-state index is 0.133. The van der Waals surface area contributed by atoms with Gasteiger partial charge in [0.15, 0.2) is 0 Å². The van der Waals surface area contributed by atoms with Crippen LogP contribution in [0.5, 0.6) is 5.75 Å². The normalized spacial score (nSPS) is 10.7. The molecule has 0 aromatic heterocycles. The summed E-state index contributed by atoms with van der Waals surface area (Å²) in [6.45, 7) is 4.96. The predicted molar refractivity (Wildman–Crippen MR) is 79.6 cm³/mol. The number of benzene rings is 1. The molecule has 6 nitrogen and oxygen atoms in total. The molecule has 0 unspecified atom stereocenters. The fourth-order valence-corrected chi connectivity index (χ4v) is 1.56. The van der Waals surface area contributed by atoms with Gasteiger partial charge in [0.1, 0.15) is 11.5 Å². The van der Waals surface area contributed by atoms with Crippen LogP contribution in [-0.2, 0) is 14.4 Å². The van der Waals surface area contributed by atoms with Crippen molar-refractivity contribution in [2.24, 2.45) is 5.41 Å². The molecule has 0 spiro atoms. The first-order chi connectivity index (χ1) is 10.2. The third kappa shape index (κ3) is 4.51. The fraction of sp³-hybridized carbons (Fsp3) is 0.375. The van der Waals surface area contributed by atoms with Gasteiger partial charge in [-0.2, -0.15) is 0 Å². The number of hydrogen-bond donors (Lipinski definition) is 1. The summed E-state index contributed by atoms with van der Waals surface area (Å²) < 4.78 is 5.01. The monoisotopic (exact) mass is 305 g/mol. The van der Waals surface area contributed by atoms with Crippen molar-refractivity contribution in [3.63, 3.8) is 0 Å². The first-order valence-electron chi connectivity index (χ1n) is 6.71. The highest BCUT2D eigenvalue weighted by Gasteiger charge is 2.27. The SMILES string of the molecule is COc1ccccc1C(=O)NC(=O)C(=O)CC(=O)C(C)(C)C. The van der Waals surface area contributed by atoms with E-state index in [0.29, 0.717) is 0 Å². The maximum atomic E-state index is 12.0. The van der Waals surface area contributed by atoms with E-state index < -0.39 is 29.4 Å². The Kier molecular flexibility index (Phi) is 5.56. The van der Waals surface area contributed by atoms with Crippen molar-refractivity contribution >= 4 is 23.4 Å². The van der Waals surface area contributed by atoms with Gasteiger partial charge in [-0.15, -0.1) is 0 Å². The lowest BCUT2D eigenvalue weighted by atomic mass is 9.88. The Morgan fingerprint density at radius 2 is 1.68 bits per heavy atom. The lowest BCUT2D eigenvalue weighted by Crippen LogP contribution is -2.38. The highest BCUT2D eigenvalue weighted by atomic mass is 16.5. The summed E-state index contributed by atoms with van der Waals surface area (Å²) >= 11 is 0. The van der Waals surface area contributed by atoms with E-state index in [2.05, 4.69) is 0 Å². The van der Waals surface area contributed by atoms with Crippen molar-refractivity contribution in [3.8, 4) is 5.75 Å². The van der Waals surface area contributed by atoms with Crippen LogP contribution >= 0.6 is 0 Å². The molecule has 0 saturated carbocycles. The van der Waals surface area contributed by atoms with Crippen LogP contribution in [-0.4, -0.2) is 30.5 Å². The number of amides is 2. The lowest BCUT2D eigenvalue weighted by molar-refractivity contribution is -0.141. The number of methoxy groups -OCH3 is 1. The quantitative estimate of drug-likeness (QED) is 0.658. The van der Waals surface area contributed by atoms with Gasteiger partial charge in [-0.1, -0.05) is 32.9 Å². The molecule has 0 atom stereocenters. The van der Waals surface area contributed by atoms with Crippen LogP contribution in [0.15, 0.2) is 24.3 Å². The van der Waals surface area contributed by atoms with Crippen LogP contribution in [0.3, 0.4) is 0 Å². The molecule has 0 fully saturated rings. The molecule has 0 aliphatic heterocycles. The zero-order chi connectivity index (χ0) is 16.9.